The first-order valence-electron chi connectivity index (χ1n) is 9.03. The summed E-state index contributed by atoms with van der Waals surface area (Å²) in [6.45, 7) is 7.36. The summed E-state index contributed by atoms with van der Waals surface area (Å²) in [4.78, 5) is 14.4. The van der Waals surface area contributed by atoms with E-state index in [0.29, 0.717) is 13.0 Å². The smallest absolute Gasteiger partial charge is 0.315 e. The number of carbonyl (C=O) groups excluding carboxylic acids is 1. The van der Waals surface area contributed by atoms with Crippen molar-refractivity contribution in [2.75, 3.05) is 19.6 Å². The summed E-state index contributed by atoms with van der Waals surface area (Å²) in [7, 11) is 0. The standard InChI is InChI=1S/C19H31N3O2/c1-15(2)18(23)10-11-20-19(24)21-17-9-6-12-22(14-17)13-16-7-4-3-5-8-16/h3-5,7-8,15,17-18,23H,6,9-14H2,1-2H3,(H2,20,21,24). The fraction of sp³-hybridized carbons (Fsp3) is 0.632. The average molecular weight is 333 g/mol. The van der Waals surface area contributed by atoms with Gasteiger partial charge in [0.15, 0.2) is 0 Å². The van der Waals surface area contributed by atoms with Crippen molar-refractivity contribution in [3.63, 3.8) is 0 Å². The predicted molar refractivity (Wildman–Crippen MR) is 96.7 cm³/mol. The van der Waals surface area contributed by atoms with Crippen LogP contribution < -0.4 is 10.6 Å². The molecule has 0 radical (unpaired) electrons. The Balaban J connectivity index is 1.69. The Morgan fingerprint density at radius 2 is 2.08 bits per heavy atom. The fourth-order valence-corrected chi connectivity index (χ4v) is 3.06. The Morgan fingerprint density at radius 3 is 2.79 bits per heavy atom. The molecule has 0 aromatic heterocycles. The minimum atomic E-state index is -0.360. The molecule has 1 aromatic rings. The number of amides is 2. The molecule has 0 aliphatic carbocycles. The summed E-state index contributed by atoms with van der Waals surface area (Å²) in [6.07, 6.45) is 2.36. The quantitative estimate of drug-likeness (QED) is 0.718. The lowest BCUT2D eigenvalue weighted by atomic mass is 10.0. The van der Waals surface area contributed by atoms with Crippen LogP contribution >= 0.6 is 0 Å². The van der Waals surface area contributed by atoms with Gasteiger partial charge in [0.1, 0.15) is 0 Å². The van der Waals surface area contributed by atoms with Gasteiger partial charge >= 0.3 is 6.03 Å². The number of aliphatic hydroxyl groups is 1. The third-order valence-corrected chi connectivity index (χ3v) is 4.58. The molecule has 0 bridgehead atoms. The molecule has 0 saturated carbocycles. The highest BCUT2D eigenvalue weighted by molar-refractivity contribution is 5.74. The molecule has 134 valence electrons. The number of piperidine rings is 1. The molecular formula is C19H31N3O2. The zero-order valence-electron chi connectivity index (χ0n) is 14.9. The molecule has 2 rings (SSSR count). The van der Waals surface area contributed by atoms with Gasteiger partial charge in [-0.1, -0.05) is 44.2 Å². The summed E-state index contributed by atoms with van der Waals surface area (Å²) in [6, 6.07) is 10.5. The van der Waals surface area contributed by atoms with Crippen molar-refractivity contribution in [2.24, 2.45) is 5.92 Å². The largest absolute Gasteiger partial charge is 0.393 e. The van der Waals surface area contributed by atoms with Crippen molar-refractivity contribution in [1.29, 1.82) is 0 Å². The SMILES string of the molecule is CC(C)C(O)CCNC(=O)NC1CCCN(Cc2ccccc2)C1. The van der Waals surface area contributed by atoms with Gasteiger partial charge < -0.3 is 15.7 Å². The van der Waals surface area contributed by atoms with Crippen molar-refractivity contribution in [3.05, 3.63) is 35.9 Å². The second kappa shape index (κ2) is 9.64. The summed E-state index contributed by atoms with van der Waals surface area (Å²) >= 11 is 0. The van der Waals surface area contributed by atoms with E-state index in [2.05, 4.69) is 39.8 Å². The second-order valence-corrected chi connectivity index (χ2v) is 7.06. The molecule has 1 aliphatic heterocycles. The first kappa shape index (κ1) is 18.7. The maximum atomic E-state index is 12.0. The minimum Gasteiger partial charge on any atom is -0.393 e. The van der Waals surface area contributed by atoms with E-state index < -0.39 is 0 Å². The van der Waals surface area contributed by atoms with E-state index in [0.717, 1.165) is 32.5 Å². The van der Waals surface area contributed by atoms with Crippen molar-refractivity contribution in [3.8, 4) is 0 Å². The maximum Gasteiger partial charge on any atom is 0.315 e. The van der Waals surface area contributed by atoms with Gasteiger partial charge in [-0.05, 0) is 37.3 Å². The normalized spacial score (nSPS) is 19.9. The second-order valence-electron chi connectivity index (χ2n) is 7.06. The van der Waals surface area contributed by atoms with E-state index in [-0.39, 0.29) is 24.1 Å². The van der Waals surface area contributed by atoms with Crippen molar-refractivity contribution in [1.82, 2.24) is 15.5 Å². The molecule has 1 aliphatic rings. The molecule has 1 aromatic carbocycles. The molecule has 2 amide bonds. The Labute approximate surface area is 145 Å². The third-order valence-electron chi connectivity index (χ3n) is 4.58. The molecule has 1 heterocycles. The highest BCUT2D eigenvalue weighted by atomic mass is 16.3. The zero-order valence-corrected chi connectivity index (χ0v) is 14.9. The van der Waals surface area contributed by atoms with E-state index in [1.165, 1.54) is 5.56 Å². The van der Waals surface area contributed by atoms with Gasteiger partial charge in [-0.2, -0.15) is 0 Å². The summed E-state index contributed by atoms with van der Waals surface area (Å²) in [5.41, 5.74) is 1.31. The number of aliphatic hydroxyl groups excluding tert-OH is 1. The van der Waals surface area contributed by atoms with Crippen LogP contribution in [0.1, 0.15) is 38.7 Å². The van der Waals surface area contributed by atoms with Crippen LogP contribution in [-0.4, -0.2) is 47.8 Å². The molecule has 0 spiro atoms. The number of carbonyl (C=O) groups is 1. The van der Waals surface area contributed by atoms with Crippen LogP contribution in [0.3, 0.4) is 0 Å². The number of nitrogens with zero attached hydrogens (tertiary/aromatic N) is 1. The summed E-state index contributed by atoms with van der Waals surface area (Å²) in [5, 5.41) is 15.7. The number of hydrogen-bond donors (Lipinski definition) is 3. The first-order valence-corrected chi connectivity index (χ1v) is 9.03. The van der Waals surface area contributed by atoms with Crippen LogP contribution in [0, 0.1) is 5.92 Å². The highest BCUT2D eigenvalue weighted by Crippen LogP contribution is 2.13. The Bertz CT molecular complexity index is 493. The predicted octanol–water partition coefficient (Wildman–Crippen LogP) is 2.36. The molecule has 2 unspecified atom stereocenters. The van der Waals surface area contributed by atoms with E-state index in [1.807, 2.05) is 19.9 Å². The lowest BCUT2D eigenvalue weighted by Crippen LogP contribution is -2.50. The lowest BCUT2D eigenvalue weighted by molar-refractivity contribution is 0.116. The summed E-state index contributed by atoms with van der Waals surface area (Å²) < 4.78 is 0. The number of rotatable bonds is 7. The number of nitrogens with one attached hydrogen (secondary N) is 2. The summed E-state index contributed by atoms with van der Waals surface area (Å²) in [5.74, 6) is 0.222. The molecular weight excluding hydrogens is 302 g/mol. The topological polar surface area (TPSA) is 64.6 Å². The van der Waals surface area contributed by atoms with Gasteiger partial charge in [0.2, 0.25) is 0 Å². The highest BCUT2D eigenvalue weighted by Gasteiger charge is 2.21. The van der Waals surface area contributed by atoms with Gasteiger partial charge in [-0.3, -0.25) is 4.90 Å². The molecule has 5 nitrogen and oxygen atoms in total. The Hall–Kier alpha value is -1.59. The Morgan fingerprint density at radius 1 is 1.33 bits per heavy atom. The molecule has 24 heavy (non-hydrogen) atoms. The van der Waals surface area contributed by atoms with E-state index in [1.54, 1.807) is 0 Å². The van der Waals surface area contributed by atoms with E-state index >= 15 is 0 Å². The number of urea groups is 1. The monoisotopic (exact) mass is 333 g/mol. The first-order chi connectivity index (χ1) is 11.5. The lowest BCUT2D eigenvalue weighted by Gasteiger charge is -2.33. The van der Waals surface area contributed by atoms with Gasteiger partial charge in [0, 0.05) is 25.7 Å². The van der Waals surface area contributed by atoms with Gasteiger partial charge in [-0.15, -0.1) is 0 Å². The van der Waals surface area contributed by atoms with Crippen molar-refractivity contribution in [2.45, 2.75) is 51.8 Å². The number of benzene rings is 1. The van der Waals surface area contributed by atoms with Crippen LogP contribution in [0.5, 0.6) is 0 Å². The molecule has 3 N–H and O–H groups in total. The fourth-order valence-electron chi connectivity index (χ4n) is 3.06. The Kier molecular flexibility index (Phi) is 7.53. The van der Waals surface area contributed by atoms with Crippen LogP contribution in [0.15, 0.2) is 30.3 Å². The zero-order chi connectivity index (χ0) is 17.4. The van der Waals surface area contributed by atoms with E-state index in [4.69, 9.17) is 0 Å². The molecule has 2 atom stereocenters. The van der Waals surface area contributed by atoms with Gasteiger partial charge in [0.05, 0.1) is 6.10 Å². The van der Waals surface area contributed by atoms with Crippen molar-refractivity contribution < 1.29 is 9.90 Å². The molecule has 5 heteroatoms. The van der Waals surface area contributed by atoms with Crippen molar-refractivity contribution >= 4 is 6.03 Å². The van der Waals surface area contributed by atoms with Gasteiger partial charge in [-0.25, -0.2) is 4.79 Å². The molecule has 1 fully saturated rings. The third kappa shape index (κ3) is 6.49. The average Bonchev–Trinajstić information content (AvgIpc) is 2.56. The number of hydrogen-bond acceptors (Lipinski definition) is 3. The van der Waals surface area contributed by atoms with Crippen LogP contribution in [0.25, 0.3) is 0 Å². The minimum absolute atomic E-state index is 0.127. The van der Waals surface area contributed by atoms with Crippen LogP contribution in [0.2, 0.25) is 0 Å². The van der Waals surface area contributed by atoms with Crippen LogP contribution in [-0.2, 0) is 6.54 Å². The van der Waals surface area contributed by atoms with Crippen LogP contribution in [0.4, 0.5) is 4.79 Å². The van der Waals surface area contributed by atoms with Gasteiger partial charge in [0.25, 0.3) is 0 Å². The molecule has 1 saturated heterocycles. The number of likely N-dealkylation sites (tertiary alicyclic amines) is 1. The maximum absolute atomic E-state index is 12.0. The van der Waals surface area contributed by atoms with E-state index in [9.17, 15) is 9.90 Å².